The highest BCUT2D eigenvalue weighted by atomic mass is 16.7. The van der Waals surface area contributed by atoms with Crippen LogP contribution in [-0.2, 0) is 16.0 Å². The molecule has 1 aromatic carbocycles. The number of ether oxygens (including phenoxy) is 2. The van der Waals surface area contributed by atoms with Crippen molar-refractivity contribution in [3.63, 3.8) is 0 Å². The molecule has 0 radical (unpaired) electrons. The van der Waals surface area contributed by atoms with Gasteiger partial charge in [-0.25, -0.2) is 0 Å². The molecule has 0 heterocycles. The predicted octanol–water partition coefficient (Wildman–Crippen LogP) is 1.44. The van der Waals surface area contributed by atoms with Crippen LogP contribution < -0.4 is 5.73 Å². The van der Waals surface area contributed by atoms with E-state index in [1.165, 1.54) is 0 Å². The summed E-state index contributed by atoms with van der Waals surface area (Å²) in [7, 11) is 3.23. The van der Waals surface area contributed by atoms with Crippen LogP contribution in [0.1, 0.15) is 17.4 Å². The number of rotatable bonds is 4. The fraction of sp³-hybridized carbons (Fsp3) is 0.400. The van der Waals surface area contributed by atoms with Crippen LogP contribution in [0.4, 0.5) is 0 Å². The zero-order valence-electron chi connectivity index (χ0n) is 7.99. The van der Waals surface area contributed by atoms with Crippen molar-refractivity contribution in [3.8, 4) is 0 Å². The third-order valence-corrected chi connectivity index (χ3v) is 1.96. The lowest BCUT2D eigenvalue weighted by molar-refractivity contribution is -0.106. The Bertz CT molecular complexity index is 259. The van der Waals surface area contributed by atoms with E-state index in [1.807, 2.05) is 24.3 Å². The summed E-state index contributed by atoms with van der Waals surface area (Å²) in [6.07, 6.45) is -0.320. The molecule has 72 valence electrons. The zero-order chi connectivity index (χ0) is 9.68. The van der Waals surface area contributed by atoms with Crippen molar-refractivity contribution in [2.75, 3.05) is 14.2 Å². The third kappa shape index (κ3) is 2.28. The van der Waals surface area contributed by atoms with E-state index < -0.39 is 0 Å². The summed E-state index contributed by atoms with van der Waals surface area (Å²) in [5, 5.41) is 0. The van der Waals surface area contributed by atoms with Gasteiger partial charge >= 0.3 is 0 Å². The van der Waals surface area contributed by atoms with Crippen LogP contribution in [0, 0.1) is 0 Å². The van der Waals surface area contributed by atoms with Gasteiger partial charge in [0, 0.05) is 26.3 Å². The van der Waals surface area contributed by atoms with Crippen LogP contribution in [0.5, 0.6) is 0 Å². The lowest BCUT2D eigenvalue weighted by Crippen LogP contribution is -2.09. The maximum absolute atomic E-state index is 5.59. The maximum atomic E-state index is 5.59. The maximum Gasteiger partial charge on any atom is 0.183 e. The standard InChI is InChI=1S/C10H15NO2/c1-12-10(13-2)9-6-4-3-5-8(9)7-11/h3-6,10H,7,11H2,1-2H3. The molecule has 0 unspecified atom stereocenters. The second-order valence-electron chi connectivity index (χ2n) is 2.71. The molecule has 0 spiro atoms. The van der Waals surface area contributed by atoms with Gasteiger partial charge in [0.2, 0.25) is 0 Å². The first kappa shape index (κ1) is 10.2. The van der Waals surface area contributed by atoms with E-state index in [2.05, 4.69) is 0 Å². The van der Waals surface area contributed by atoms with Crippen molar-refractivity contribution in [1.29, 1.82) is 0 Å². The van der Waals surface area contributed by atoms with Crippen LogP contribution in [0.3, 0.4) is 0 Å². The van der Waals surface area contributed by atoms with E-state index in [9.17, 15) is 0 Å². The summed E-state index contributed by atoms with van der Waals surface area (Å²) in [5.74, 6) is 0. The van der Waals surface area contributed by atoms with Gasteiger partial charge in [-0.3, -0.25) is 0 Å². The monoisotopic (exact) mass is 181 g/mol. The first-order chi connectivity index (χ1) is 6.33. The van der Waals surface area contributed by atoms with Gasteiger partial charge in [-0.1, -0.05) is 24.3 Å². The van der Waals surface area contributed by atoms with Gasteiger partial charge in [-0.05, 0) is 5.56 Å². The Labute approximate surface area is 78.5 Å². The van der Waals surface area contributed by atoms with Crippen LogP contribution >= 0.6 is 0 Å². The van der Waals surface area contributed by atoms with Gasteiger partial charge in [0.1, 0.15) is 0 Å². The minimum absolute atomic E-state index is 0.320. The summed E-state index contributed by atoms with van der Waals surface area (Å²) < 4.78 is 10.3. The van der Waals surface area contributed by atoms with Crippen LogP contribution in [0.25, 0.3) is 0 Å². The second-order valence-corrected chi connectivity index (χ2v) is 2.71. The Balaban J connectivity index is 2.96. The highest BCUT2D eigenvalue weighted by molar-refractivity contribution is 5.27. The van der Waals surface area contributed by atoms with E-state index in [-0.39, 0.29) is 6.29 Å². The number of methoxy groups -OCH3 is 2. The van der Waals surface area contributed by atoms with Crippen molar-refractivity contribution in [2.24, 2.45) is 5.73 Å². The summed E-state index contributed by atoms with van der Waals surface area (Å²) in [5.41, 5.74) is 7.63. The van der Waals surface area contributed by atoms with E-state index in [0.717, 1.165) is 11.1 Å². The molecule has 0 aliphatic carbocycles. The Kier molecular flexibility index (Phi) is 3.89. The Morgan fingerprint density at radius 3 is 2.38 bits per heavy atom. The molecule has 3 heteroatoms. The van der Waals surface area contributed by atoms with Gasteiger partial charge in [0.05, 0.1) is 0 Å². The molecule has 0 amide bonds. The van der Waals surface area contributed by atoms with Crippen molar-refractivity contribution < 1.29 is 9.47 Å². The summed E-state index contributed by atoms with van der Waals surface area (Å²) in [6.45, 7) is 0.499. The molecule has 0 saturated heterocycles. The van der Waals surface area contributed by atoms with E-state index in [1.54, 1.807) is 14.2 Å². The molecule has 1 aromatic rings. The normalized spacial score (nSPS) is 10.8. The molecule has 0 aliphatic rings. The van der Waals surface area contributed by atoms with Crippen molar-refractivity contribution in [3.05, 3.63) is 35.4 Å². The van der Waals surface area contributed by atoms with Crippen molar-refractivity contribution in [2.45, 2.75) is 12.8 Å². The predicted molar refractivity (Wildman–Crippen MR) is 51.1 cm³/mol. The molecule has 0 saturated carbocycles. The summed E-state index contributed by atoms with van der Waals surface area (Å²) >= 11 is 0. The SMILES string of the molecule is COC(OC)c1ccccc1CN. The quantitative estimate of drug-likeness (QED) is 0.715. The van der Waals surface area contributed by atoms with Crippen LogP contribution in [0.2, 0.25) is 0 Å². The van der Waals surface area contributed by atoms with Gasteiger partial charge in [-0.15, -0.1) is 0 Å². The number of benzene rings is 1. The summed E-state index contributed by atoms with van der Waals surface area (Å²) in [4.78, 5) is 0. The molecule has 2 N–H and O–H groups in total. The molecular weight excluding hydrogens is 166 g/mol. The average molecular weight is 181 g/mol. The van der Waals surface area contributed by atoms with Gasteiger partial charge < -0.3 is 15.2 Å². The van der Waals surface area contributed by atoms with Gasteiger partial charge in [0.15, 0.2) is 6.29 Å². The van der Waals surface area contributed by atoms with Gasteiger partial charge in [0.25, 0.3) is 0 Å². The molecule has 0 fully saturated rings. The molecule has 0 atom stereocenters. The molecule has 0 aromatic heterocycles. The first-order valence-corrected chi connectivity index (χ1v) is 4.17. The van der Waals surface area contributed by atoms with E-state index in [4.69, 9.17) is 15.2 Å². The fourth-order valence-electron chi connectivity index (χ4n) is 1.30. The highest BCUT2D eigenvalue weighted by Crippen LogP contribution is 2.20. The minimum atomic E-state index is -0.320. The van der Waals surface area contributed by atoms with Crippen LogP contribution in [0.15, 0.2) is 24.3 Å². The second kappa shape index (κ2) is 4.97. The first-order valence-electron chi connectivity index (χ1n) is 4.17. The topological polar surface area (TPSA) is 44.5 Å². The highest BCUT2D eigenvalue weighted by Gasteiger charge is 2.11. The molecule has 13 heavy (non-hydrogen) atoms. The molecule has 0 aliphatic heterocycles. The smallest absolute Gasteiger partial charge is 0.183 e. The van der Waals surface area contributed by atoms with E-state index in [0.29, 0.717) is 6.54 Å². The third-order valence-electron chi connectivity index (χ3n) is 1.96. The molecule has 1 rings (SSSR count). The van der Waals surface area contributed by atoms with Crippen LogP contribution in [-0.4, -0.2) is 14.2 Å². The molecule has 3 nitrogen and oxygen atoms in total. The summed E-state index contributed by atoms with van der Waals surface area (Å²) in [6, 6.07) is 7.83. The van der Waals surface area contributed by atoms with Crippen molar-refractivity contribution in [1.82, 2.24) is 0 Å². The van der Waals surface area contributed by atoms with Crippen molar-refractivity contribution >= 4 is 0 Å². The number of hydrogen-bond donors (Lipinski definition) is 1. The lowest BCUT2D eigenvalue weighted by atomic mass is 10.1. The zero-order valence-corrected chi connectivity index (χ0v) is 7.99. The lowest BCUT2D eigenvalue weighted by Gasteiger charge is -2.16. The van der Waals surface area contributed by atoms with Gasteiger partial charge in [-0.2, -0.15) is 0 Å². The van der Waals surface area contributed by atoms with E-state index >= 15 is 0 Å². The number of hydrogen-bond acceptors (Lipinski definition) is 3. The Morgan fingerprint density at radius 2 is 1.85 bits per heavy atom. The largest absolute Gasteiger partial charge is 0.352 e. The Morgan fingerprint density at radius 1 is 1.23 bits per heavy atom. The average Bonchev–Trinajstić information content (AvgIpc) is 2.20. The number of nitrogens with two attached hydrogens (primary N) is 1. The molecule has 0 bridgehead atoms. The Hall–Kier alpha value is -0.900. The fourth-order valence-corrected chi connectivity index (χ4v) is 1.30. The minimum Gasteiger partial charge on any atom is -0.352 e. The molecular formula is C10H15NO2.